The summed E-state index contributed by atoms with van der Waals surface area (Å²) in [5, 5.41) is 0. The van der Waals surface area contributed by atoms with E-state index < -0.39 is 6.09 Å². The fraction of sp³-hybridized carbons (Fsp3) is 0.500. The van der Waals surface area contributed by atoms with E-state index in [1.165, 1.54) is 4.90 Å². The number of imide groups is 1. The van der Waals surface area contributed by atoms with Crippen molar-refractivity contribution in [3.8, 4) is 0 Å². The van der Waals surface area contributed by atoms with Gasteiger partial charge < -0.3 is 10.5 Å². The Bertz CT molecular complexity index is 567. The van der Waals surface area contributed by atoms with Gasteiger partial charge in [-0.3, -0.25) is 4.79 Å². The number of hydrogen-bond donors (Lipinski definition) is 1. The number of nitrogen functional groups attached to an aromatic ring is 1. The molecular weight excluding hydrogens is 268 g/mol. The van der Waals surface area contributed by atoms with Gasteiger partial charge in [-0.15, -0.1) is 0 Å². The molecule has 0 saturated heterocycles. The van der Waals surface area contributed by atoms with Crippen LogP contribution in [0.5, 0.6) is 0 Å². The molecule has 0 aliphatic carbocycles. The van der Waals surface area contributed by atoms with E-state index in [0.29, 0.717) is 24.4 Å². The minimum absolute atomic E-state index is 0.299. The standard InChI is InChI=1S/C16H22N2O3/c1-4-5-8-21-15(20)18-10-16(2,3)13-9-11(17)6-7-12(13)14(18)19/h6-7,9H,4-5,8,10,17H2,1-3H3. The lowest BCUT2D eigenvalue weighted by molar-refractivity contribution is 0.0587. The molecule has 0 radical (unpaired) electrons. The summed E-state index contributed by atoms with van der Waals surface area (Å²) in [4.78, 5) is 25.8. The average molecular weight is 290 g/mol. The first-order valence-electron chi connectivity index (χ1n) is 7.25. The summed E-state index contributed by atoms with van der Waals surface area (Å²) in [5.74, 6) is -0.314. The molecule has 0 aromatic heterocycles. The molecule has 0 bridgehead atoms. The van der Waals surface area contributed by atoms with Gasteiger partial charge in [0.25, 0.3) is 5.91 Å². The quantitative estimate of drug-likeness (QED) is 0.686. The van der Waals surface area contributed by atoms with Crippen LogP contribution in [0.25, 0.3) is 0 Å². The molecule has 0 saturated carbocycles. The second-order valence-electron chi connectivity index (χ2n) is 6.05. The van der Waals surface area contributed by atoms with Gasteiger partial charge in [0.1, 0.15) is 0 Å². The van der Waals surface area contributed by atoms with Gasteiger partial charge in [-0.2, -0.15) is 0 Å². The zero-order chi connectivity index (χ0) is 15.6. The molecule has 0 atom stereocenters. The SMILES string of the molecule is CCCCOC(=O)N1CC(C)(C)c2cc(N)ccc2C1=O. The highest BCUT2D eigenvalue weighted by Gasteiger charge is 2.40. The van der Waals surface area contributed by atoms with Crippen LogP contribution in [0, 0.1) is 0 Å². The molecule has 2 amide bonds. The number of rotatable bonds is 3. The van der Waals surface area contributed by atoms with Crippen molar-refractivity contribution < 1.29 is 14.3 Å². The van der Waals surface area contributed by atoms with Crippen molar-refractivity contribution in [3.63, 3.8) is 0 Å². The van der Waals surface area contributed by atoms with Gasteiger partial charge >= 0.3 is 6.09 Å². The third kappa shape index (κ3) is 3.01. The summed E-state index contributed by atoms with van der Waals surface area (Å²) >= 11 is 0. The molecule has 0 fully saturated rings. The number of benzene rings is 1. The first kappa shape index (κ1) is 15.4. The number of carbonyl (C=O) groups is 2. The molecule has 1 aromatic rings. The molecule has 1 heterocycles. The number of fused-ring (bicyclic) bond motifs is 1. The molecule has 114 valence electrons. The Kier molecular flexibility index (Phi) is 4.21. The molecule has 1 aliphatic heterocycles. The Hall–Kier alpha value is -2.04. The number of ether oxygens (including phenoxy) is 1. The lowest BCUT2D eigenvalue weighted by Gasteiger charge is -2.37. The van der Waals surface area contributed by atoms with Gasteiger partial charge in [0.2, 0.25) is 0 Å². The highest BCUT2D eigenvalue weighted by Crippen LogP contribution is 2.34. The van der Waals surface area contributed by atoms with Crippen LogP contribution < -0.4 is 5.73 Å². The summed E-state index contributed by atoms with van der Waals surface area (Å²) in [6, 6.07) is 5.17. The smallest absolute Gasteiger partial charge is 0.416 e. The van der Waals surface area contributed by atoms with Crippen molar-refractivity contribution in [2.45, 2.75) is 39.0 Å². The number of nitrogens with two attached hydrogens (primary N) is 1. The molecule has 1 aromatic carbocycles. The van der Waals surface area contributed by atoms with E-state index >= 15 is 0 Å². The summed E-state index contributed by atoms with van der Waals surface area (Å²) in [7, 11) is 0. The predicted molar refractivity (Wildman–Crippen MR) is 81.2 cm³/mol. The van der Waals surface area contributed by atoms with Crippen molar-refractivity contribution >= 4 is 17.7 Å². The maximum atomic E-state index is 12.5. The van der Waals surface area contributed by atoms with E-state index in [9.17, 15) is 9.59 Å². The van der Waals surface area contributed by atoms with Crippen LogP contribution >= 0.6 is 0 Å². The molecular formula is C16H22N2O3. The summed E-state index contributed by atoms with van der Waals surface area (Å²) in [6.45, 7) is 6.64. The molecule has 5 heteroatoms. The lowest BCUT2D eigenvalue weighted by Crippen LogP contribution is -2.49. The summed E-state index contributed by atoms with van der Waals surface area (Å²) in [5.41, 5.74) is 7.48. The number of hydrogen-bond acceptors (Lipinski definition) is 4. The zero-order valence-corrected chi connectivity index (χ0v) is 12.8. The van der Waals surface area contributed by atoms with E-state index in [4.69, 9.17) is 10.5 Å². The highest BCUT2D eigenvalue weighted by atomic mass is 16.6. The normalized spacial score (nSPS) is 16.5. The van der Waals surface area contributed by atoms with Gasteiger partial charge in [0.15, 0.2) is 0 Å². The van der Waals surface area contributed by atoms with Gasteiger partial charge in [-0.1, -0.05) is 27.2 Å². The van der Waals surface area contributed by atoms with E-state index in [-0.39, 0.29) is 11.3 Å². The molecule has 1 aliphatic rings. The first-order chi connectivity index (χ1) is 9.86. The Morgan fingerprint density at radius 1 is 1.43 bits per heavy atom. The zero-order valence-electron chi connectivity index (χ0n) is 12.8. The van der Waals surface area contributed by atoms with Crippen LogP contribution in [-0.4, -0.2) is 30.1 Å². The minimum atomic E-state index is -0.566. The maximum Gasteiger partial charge on any atom is 0.416 e. The van der Waals surface area contributed by atoms with Crippen LogP contribution in [0.15, 0.2) is 18.2 Å². The second kappa shape index (κ2) is 5.76. The van der Waals surface area contributed by atoms with Gasteiger partial charge in [0.05, 0.1) is 6.61 Å². The average Bonchev–Trinajstić information content (AvgIpc) is 2.43. The fourth-order valence-electron chi connectivity index (χ4n) is 2.54. The van der Waals surface area contributed by atoms with Crippen molar-refractivity contribution in [1.29, 1.82) is 0 Å². The molecule has 5 nitrogen and oxygen atoms in total. The monoisotopic (exact) mass is 290 g/mol. The lowest BCUT2D eigenvalue weighted by atomic mass is 9.78. The first-order valence-corrected chi connectivity index (χ1v) is 7.25. The topological polar surface area (TPSA) is 72.6 Å². The Morgan fingerprint density at radius 2 is 2.14 bits per heavy atom. The molecule has 21 heavy (non-hydrogen) atoms. The molecule has 2 rings (SSSR count). The second-order valence-corrected chi connectivity index (χ2v) is 6.05. The van der Waals surface area contributed by atoms with Crippen molar-refractivity contribution in [3.05, 3.63) is 29.3 Å². The number of anilines is 1. The van der Waals surface area contributed by atoms with E-state index in [1.54, 1.807) is 12.1 Å². The van der Waals surface area contributed by atoms with E-state index in [0.717, 1.165) is 18.4 Å². The van der Waals surface area contributed by atoms with Crippen molar-refractivity contribution in [1.82, 2.24) is 4.90 Å². The third-order valence-electron chi connectivity index (χ3n) is 3.75. The highest BCUT2D eigenvalue weighted by molar-refractivity contribution is 6.05. The fourth-order valence-corrected chi connectivity index (χ4v) is 2.54. The van der Waals surface area contributed by atoms with E-state index in [1.807, 2.05) is 26.8 Å². The maximum absolute atomic E-state index is 12.5. The van der Waals surface area contributed by atoms with Gasteiger partial charge in [-0.25, -0.2) is 9.69 Å². The summed E-state index contributed by atoms with van der Waals surface area (Å²) < 4.78 is 5.17. The van der Waals surface area contributed by atoms with Gasteiger partial charge in [0, 0.05) is 23.2 Å². The van der Waals surface area contributed by atoms with Crippen LogP contribution in [0.2, 0.25) is 0 Å². The molecule has 2 N–H and O–H groups in total. The number of carbonyl (C=O) groups excluding carboxylic acids is 2. The predicted octanol–water partition coefficient (Wildman–Crippen LogP) is 2.94. The Labute approximate surface area is 125 Å². The van der Waals surface area contributed by atoms with Gasteiger partial charge in [-0.05, 0) is 30.2 Å². The Morgan fingerprint density at radius 3 is 2.81 bits per heavy atom. The largest absolute Gasteiger partial charge is 0.449 e. The van der Waals surface area contributed by atoms with Crippen molar-refractivity contribution in [2.24, 2.45) is 0 Å². The summed E-state index contributed by atoms with van der Waals surface area (Å²) in [6.07, 6.45) is 1.17. The number of nitrogens with zero attached hydrogens (tertiary/aromatic N) is 1. The number of amides is 2. The molecule has 0 spiro atoms. The van der Waals surface area contributed by atoms with Crippen LogP contribution in [0.3, 0.4) is 0 Å². The van der Waals surface area contributed by atoms with E-state index in [2.05, 4.69) is 0 Å². The van der Waals surface area contributed by atoms with Crippen LogP contribution in [0.4, 0.5) is 10.5 Å². The molecule has 0 unspecified atom stereocenters. The van der Waals surface area contributed by atoms with Crippen LogP contribution in [0.1, 0.15) is 49.5 Å². The van der Waals surface area contributed by atoms with Crippen molar-refractivity contribution in [2.75, 3.05) is 18.9 Å². The Balaban J connectivity index is 2.27. The van der Waals surface area contributed by atoms with Crippen LogP contribution in [-0.2, 0) is 10.2 Å². The third-order valence-corrected chi connectivity index (χ3v) is 3.75. The number of unbranched alkanes of at least 4 members (excludes halogenated alkanes) is 1. The minimum Gasteiger partial charge on any atom is -0.449 e.